The predicted molar refractivity (Wildman–Crippen MR) is 44.9 cm³/mol. The molecule has 0 heterocycles. The maximum atomic E-state index is 11.1. The van der Waals surface area contributed by atoms with E-state index in [1.54, 1.807) is 6.07 Å². The molecule has 0 amide bonds. The number of nitro groups is 1. The van der Waals surface area contributed by atoms with Crippen LogP contribution in [0.2, 0.25) is 0 Å². The fourth-order valence-electron chi connectivity index (χ4n) is 0.784. The lowest BCUT2D eigenvalue weighted by Crippen LogP contribution is -2.07. The fourth-order valence-corrected chi connectivity index (χ4v) is 1.67. The SMILES string of the molecule is O=[N+]([O-])[CH-]S(=O)(=O)c1ccccc1. The summed E-state index contributed by atoms with van der Waals surface area (Å²) in [5.41, 5.74) is 0. The molecule has 0 aliphatic rings. The van der Waals surface area contributed by atoms with E-state index < -0.39 is 14.8 Å². The van der Waals surface area contributed by atoms with Crippen LogP contribution in [0.15, 0.2) is 35.2 Å². The van der Waals surface area contributed by atoms with Gasteiger partial charge in [-0.2, -0.15) is 0 Å². The van der Waals surface area contributed by atoms with Gasteiger partial charge in [-0.25, -0.2) is 8.42 Å². The van der Waals surface area contributed by atoms with Crippen LogP contribution >= 0.6 is 0 Å². The Kier molecular flexibility index (Phi) is 2.52. The maximum absolute atomic E-state index is 11.1. The fraction of sp³-hybridized carbons (Fsp3) is 0. The summed E-state index contributed by atoms with van der Waals surface area (Å²) in [6.45, 7) is 0. The molecule has 0 N–H and O–H groups in total. The van der Waals surface area contributed by atoms with E-state index >= 15 is 0 Å². The third-order valence-corrected chi connectivity index (χ3v) is 2.68. The topological polar surface area (TPSA) is 77.3 Å². The highest BCUT2D eigenvalue weighted by Crippen LogP contribution is 2.12. The molecule has 6 heteroatoms. The lowest BCUT2D eigenvalue weighted by atomic mass is 10.4. The van der Waals surface area contributed by atoms with Crippen LogP contribution in [-0.2, 0) is 9.84 Å². The first-order valence-electron chi connectivity index (χ1n) is 3.31. The molecule has 0 saturated carbocycles. The molecule has 1 aromatic rings. The molecule has 0 bridgehead atoms. The first-order chi connectivity index (χ1) is 6.02. The number of benzene rings is 1. The predicted octanol–water partition coefficient (Wildman–Crippen LogP) is 0.856. The number of rotatable bonds is 3. The van der Waals surface area contributed by atoms with E-state index in [1.165, 1.54) is 24.3 Å². The summed E-state index contributed by atoms with van der Waals surface area (Å²) < 4.78 is 22.3. The van der Waals surface area contributed by atoms with E-state index in [2.05, 4.69) is 0 Å². The zero-order chi connectivity index (χ0) is 9.90. The van der Waals surface area contributed by atoms with Crippen molar-refractivity contribution in [2.24, 2.45) is 0 Å². The van der Waals surface area contributed by atoms with Crippen LogP contribution in [0.4, 0.5) is 0 Å². The number of sulfone groups is 1. The van der Waals surface area contributed by atoms with Crippen molar-refractivity contribution >= 4 is 9.84 Å². The van der Waals surface area contributed by atoms with Crippen LogP contribution in [0.3, 0.4) is 0 Å². The Morgan fingerprint density at radius 3 is 2.23 bits per heavy atom. The van der Waals surface area contributed by atoms with Gasteiger partial charge < -0.3 is 0 Å². The van der Waals surface area contributed by atoms with Crippen LogP contribution in [0.5, 0.6) is 0 Å². The van der Waals surface area contributed by atoms with Gasteiger partial charge in [0, 0.05) is 4.90 Å². The molecule has 0 radical (unpaired) electrons. The van der Waals surface area contributed by atoms with Crippen molar-refractivity contribution in [2.75, 3.05) is 0 Å². The van der Waals surface area contributed by atoms with Gasteiger partial charge >= 0.3 is 0 Å². The summed E-state index contributed by atoms with van der Waals surface area (Å²) in [6.07, 6.45) is 0. The normalized spacial score (nSPS) is 10.8. The summed E-state index contributed by atoms with van der Waals surface area (Å²) in [6, 6.07) is 7.23. The first kappa shape index (κ1) is 9.53. The van der Waals surface area contributed by atoms with Crippen molar-refractivity contribution in [3.8, 4) is 0 Å². The van der Waals surface area contributed by atoms with Gasteiger partial charge in [0.2, 0.25) is 0 Å². The number of nitrogens with zero attached hydrogens (tertiary/aromatic N) is 1. The average molecular weight is 200 g/mol. The largest absolute Gasteiger partial charge is 0.294 e. The minimum Gasteiger partial charge on any atom is -0.294 e. The minimum atomic E-state index is -3.88. The molecule has 0 aliphatic carbocycles. The van der Waals surface area contributed by atoms with Crippen molar-refractivity contribution in [3.63, 3.8) is 0 Å². The standard InChI is InChI=1S/C7H6NO4S/c9-8(10)6-13(11,12)7-4-2-1-3-5-7/h1-6H/q-1. The van der Waals surface area contributed by atoms with E-state index in [9.17, 15) is 18.5 Å². The van der Waals surface area contributed by atoms with Gasteiger partial charge in [-0.05, 0) is 12.1 Å². The molecule has 0 atom stereocenters. The average Bonchev–Trinajstić information content (AvgIpc) is 2.04. The van der Waals surface area contributed by atoms with Crippen LogP contribution < -0.4 is 0 Å². The maximum Gasteiger partial charge on any atom is 0.130 e. The number of hydrogen-bond donors (Lipinski definition) is 0. The highest BCUT2D eigenvalue weighted by Gasteiger charge is 2.09. The van der Waals surface area contributed by atoms with Crippen molar-refractivity contribution < 1.29 is 13.3 Å². The smallest absolute Gasteiger partial charge is 0.130 e. The van der Waals surface area contributed by atoms with Crippen molar-refractivity contribution in [1.29, 1.82) is 0 Å². The summed E-state index contributed by atoms with van der Waals surface area (Å²) >= 11 is 0. The molecule has 5 nitrogen and oxygen atoms in total. The molecule has 70 valence electrons. The summed E-state index contributed by atoms with van der Waals surface area (Å²) in [7, 11) is -3.88. The molecule has 0 fully saturated rings. The molecule has 0 spiro atoms. The van der Waals surface area contributed by atoms with Crippen molar-refractivity contribution in [2.45, 2.75) is 4.90 Å². The Morgan fingerprint density at radius 1 is 1.23 bits per heavy atom. The summed E-state index contributed by atoms with van der Waals surface area (Å²) in [5, 5.41) is 9.96. The van der Waals surface area contributed by atoms with Crippen LogP contribution in [0.25, 0.3) is 0 Å². The quantitative estimate of drug-likeness (QED) is 0.412. The van der Waals surface area contributed by atoms with Gasteiger partial charge in [-0.3, -0.25) is 10.1 Å². The third kappa shape index (κ3) is 2.45. The van der Waals surface area contributed by atoms with E-state index in [0.717, 1.165) is 0 Å². The second-order valence-electron chi connectivity index (χ2n) is 2.25. The monoisotopic (exact) mass is 200 g/mol. The van der Waals surface area contributed by atoms with Crippen molar-refractivity contribution in [3.05, 3.63) is 46.3 Å². The Morgan fingerprint density at radius 2 is 1.77 bits per heavy atom. The molecule has 0 unspecified atom stereocenters. The van der Waals surface area contributed by atoms with Gasteiger partial charge in [0.25, 0.3) is 0 Å². The van der Waals surface area contributed by atoms with Crippen molar-refractivity contribution in [1.82, 2.24) is 0 Å². The Bertz CT molecular complexity index is 398. The third-order valence-electron chi connectivity index (χ3n) is 1.30. The molecule has 13 heavy (non-hydrogen) atoms. The highest BCUT2D eigenvalue weighted by atomic mass is 32.2. The van der Waals surface area contributed by atoms with Crippen LogP contribution in [-0.4, -0.2) is 13.3 Å². The molecule has 1 rings (SSSR count). The van der Waals surface area contributed by atoms with Gasteiger partial charge in [-0.1, -0.05) is 23.1 Å². The van der Waals surface area contributed by atoms with Gasteiger partial charge in [0.1, 0.15) is 9.84 Å². The van der Waals surface area contributed by atoms with E-state index in [-0.39, 0.29) is 10.8 Å². The zero-order valence-electron chi connectivity index (χ0n) is 6.45. The lowest BCUT2D eigenvalue weighted by Gasteiger charge is -2.06. The van der Waals surface area contributed by atoms with Gasteiger partial charge in [0.05, 0.1) is 5.88 Å². The van der Waals surface area contributed by atoms with Gasteiger partial charge in [-0.15, -0.1) is 0 Å². The van der Waals surface area contributed by atoms with Crippen LogP contribution in [0, 0.1) is 16.0 Å². The van der Waals surface area contributed by atoms with E-state index in [0.29, 0.717) is 0 Å². The highest BCUT2D eigenvalue weighted by molar-refractivity contribution is 7.93. The molecular formula is C7H6NO4S-. The second-order valence-corrected chi connectivity index (χ2v) is 4.02. The Labute approximate surface area is 75.1 Å². The van der Waals surface area contributed by atoms with Gasteiger partial charge in [0.15, 0.2) is 0 Å². The molecule has 1 aromatic carbocycles. The zero-order valence-corrected chi connectivity index (χ0v) is 7.27. The number of hydrogen-bond acceptors (Lipinski definition) is 4. The summed E-state index contributed by atoms with van der Waals surface area (Å²) in [4.78, 5) is 8.90. The van der Waals surface area contributed by atoms with Crippen LogP contribution in [0.1, 0.15) is 0 Å². The first-order valence-corrected chi connectivity index (χ1v) is 4.85. The Balaban J connectivity index is 3.02. The molecule has 0 aromatic heterocycles. The summed E-state index contributed by atoms with van der Waals surface area (Å²) in [5.74, 6) is 0.0856. The minimum absolute atomic E-state index is 0.0771. The molecule has 0 saturated heterocycles. The molecular weight excluding hydrogens is 194 g/mol. The second kappa shape index (κ2) is 3.44. The Hall–Kier alpha value is -1.56. The van der Waals surface area contributed by atoms with E-state index in [1.807, 2.05) is 0 Å². The molecule has 0 aliphatic heterocycles. The lowest BCUT2D eigenvalue weighted by molar-refractivity contribution is -0.420. The van der Waals surface area contributed by atoms with E-state index in [4.69, 9.17) is 0 Å².